The SMILES string of the molecule is CC[C@H](Oc1cc(C)cc(C)c1)C(=O)NCc1ccc2ccccc2c1. The standard InChI is InChI=1S/C23H25NO2/c1-4-22(26-21-12-16(2)11-17(3)13-21)23(25)24-15-18-9-10-19-7-5-6-8-20(19)14-18/h5-14,22H,4,15H2,1-3H3,(H,24,25)/t22-/m0/s1. The number of ether oxygens (including phenoxy) is 1. The fourth-order valence-electron chi connectivity index (χ4n) is 3.14. The van der Waals surface area contributed by atoms with Gasteiger partial charge < -0.3 is 10.1 Å². The highest BCUT2D eigenvalue weighted by molar-refractivity contribution is 5.83. The van der Waals surface area contributed by atoms with Gasteiger partial charge in [-0.2, -0.15) is 0 Å². The van der Waals surface area contributed by atoms with E-state index in [9.17, 15) is 4.79 Å². The van der Waals surface area contributed by atoms with Gasteiger partial charge in [0, 0.05) is 6.54 Å². The van der Waals surface area contributed by atoms with Gasteiger partial charge >= 0.3 is 0 Å². The van der Waals surface area contributed by atoms with Crippen molar-refractivity contribution in [3.63, 3.8) is 0 Å². The lowest BCUT2D eigenvalue weighted by Crippen LogP contribution is -2.37. The Morgan fingerprint density at radius 3 is 2.35 bits per heavy atom. The monoisotopic (exact) mass is 347 g/mol. The summed E-state index contributed by atoms with van der Waals surface area (Å²) in [4.78, 5) is 12.5. The van der Waals surface area contributed by atoms with Crippen molar-refractivity contribution in [3.05, 3.63) is 77.4 Å². The van der Waals surface area contributed by atoms with E-state index in [4.69, 9.17) is 4.74 Å². The Morgan fingerprint density at radius 1 is 0.962 bits per heavy atom. The van der Waals surface area contributed by atoms with E-state index in [1.807, 2.05) is 51.1 Å². The van der Waals surface area contributed by atoms with Crippen molar-refractivity contribution in [2.24, 2.45) is 0 Å². The molecule has 3 aromatic rings. The Hall–Kier alpha value is -2.81. The summed E-state index contributed by atoms with van der Waals surface area (Å²) in [5.41, 5.74) is 3.34. The molecule has 26 heavy (non-hydrogen) atoms. The summed E-state index contributed by atoms with van der Waals surface area (Å²) in [6.45, 7) is 6.51. The number of carbonyl (C=O) groups is 1. The van der Waals surface area contributed by atoms with Crippen LogP contribution < -0.4 is 10.1 Å². The molecular weight excluding hydrogens is 322 g/mol. The number of amides is 1. The highest BCUT2D eigenvalue weighted by Crippen LogP contribution is 2.19. The predicted octanol–water partition coefficient (Wildman–Crippen LogP) is 4.93. The fraction of sp³-hybridized carbons (Fsp3) is 0.261. The van der Waals surface area contributed by atoms with Crippen molar-refractivity contribution in [1.29, 1.82) is 0 Å². The van der Waals surface area contributed by atoms with Gasteiger partial charge in [0.25, 0.3) is 5.91 Å². The third kappa shape index (κ3) is 4.42. The van der Waals surface area contributed by atoms with Gasteiger partial charge in [-0.3, -0.25) is 4.79 Å². The highest BCUT2D eigenvalue weighted by atomic mass is 16.5. The summed E-state index contributed by atoms with van der Waals surface area (Å²) >= 11 is 0. The smallest absolute Gasteiger partial charge is 0.261 e. The van der Waals surface area contributed by atoms with E-state index in [0.29, 0.717) is 13.0 Å². The number of nitrogens with one attached hydrogen (secondary N) is 1. The Labute approximate surface area is 155 Å². The van der Waals surface area contributed by atoms with Gasteiger partial charge in [0.15, 0.2) is 6.10 Å². The highest BCUT2D eigenvalue weighted by Gasteiger charge is 2.18. The summed E-state index contributed by atoms with van der Waals surface area (Å²) < 4.78 is 5.93. The van der Waals surface area contributed by atoms with Gasteiger partial charge in [0.1, 0.15) is 5.75 Å². The van der Waals surface area contributed by atoms with Gasteiger partial charge in [-0.1, -0.05) is 49.4 Å². The first-order valence-electron chi connectivity index (χ1n) is 9.05. The Bertz CT molecular complexity index is 897. The zero-order chi connectivity index (χ0) is 18.5. The van der Waals surface area contributed by atoms with Crippen LogP contribution in [0.1, 0.15) is 30.0 Å². The average Bonchev–Trinajstić information content (AvgIpc) is 2.63. The second-order valence-electron chi connectivity index (χ2n) is 6.74. The largest absolute Gasteiger partial charge is 0.481 e. The third-order valence-corrected chi connectivity index (χ3v) is 4.42. The van der Waals surface area contributed by atoms with Crippen LogP contribution in [0.4, 0.5) is 0 Å². The molecule has 0 saturated carbocycles. The quantitative estimate of drug-likeness (QED) is 0.686. The fourth-order valence-corrected chi connectivity index (χ4v) is 3.14. The van der Waals surface area contributed by atoms with Crippen molar-refractivity contribution >= 4 is 16.7 Å². The van der Waals surface area contributed by atoms with E-state index < -0.39 is 6.10 Å². The molecule has 3 nitrogen and oxygen atoms in total. The van der Waals surface area contributed by atoms with Gasteiger partial charge in [-0.25, -0.2) is 0 Å². The topological polar surface area (TPSA) is 38.3 Å². The van der Waals surface area contributed by atoms with E-state index in [-0.39, 0.29) is 5.91 Å². The molecule has 3 aromatic carbocycles. The van der Waals surface area contributed by atoms with Crippen LogP contribution in [0.5, 0.6) is 5.75 Å². The number of hydrogen-bond acceptors (Lipinski definition) is 2. The van der Waals surface area contributed by atoms with Crippen molar-refractivity contribution in [1.82, 2.24) is 5.32 Å². The number of carbonyl (C=O) groups excluding carboxylic acids is 1. The molecule has 0 radical (unpaired) electrons. The molecular formula is C23H25NO2. The minimum Gasteiger partial charge on any atom is -0.481 e. The third-order valence-electron chi connectivity index (χ3n) is 4.42. The number of fused-ring (bicyclic) bond motifs is 1. The van der Waals surface area contributed by atoms with Crippen LogP contribution in [0.25, 0.3) is 10.8 Å². The van der Waals surface area contributed by atoms with E-state index in [1.54, 1.807) is 0 Å². The van der Waals surface area contributed by atoms with Crippen molar-refractivity contribution in [2.75, 3.05) is 0 Å². The normalized spacial score (nSPS) is 12.0. The first kappa shape index (κ1) is 18.0. The van der Waals surface area contributed by atoms with Gasteiger partial charge in [0.2, 0.25) is 0 Å². The lowest BCUT2D eigenvalue weighted by molar-refractivity contribution is -0.128. The molecule has 3 rings (SSSR count). The summed E-state index contributed by atoms with van der Waals surface area (Å²) in [7, 11) is 0. The van der Waals surface area contributed by atoms with Crippen LogP contribution in [0.2, 0.25) is 0 Å². The van der Waals surface area contributed by atoms with Crippen molar-refractivity contribution in [2.45, 2.75) is 39.8 Å². The molecule has 0 aliphatic carbocycles. The molecule has 0 bridgehead atoms. The minimum absolute atomic E-state index is 0.0835. The van der Waals surface area contributed by atoms with E-state index in [1.165, 1.54) is 10.8 Å². The number of rotatable bonds is 6. The second kappa shape index (κ2) is 8.05. The molecule has 0 unspecified atom stereocenters. The van der Waals surface area contributed by atoms with Gasteiger partial charge in [0.05, 0.1) is 0 Å². The van der Waals surface area contributed by atoms with E-state index in [0.717, 1.165) is 22.4 Å². The molecule has 0 heterocycles. The van der Waals surface area contributed by atoms with Crippen molar-refractivity contribution < 1.29 is 9.53 Å². The molecule has 1 amide bonds. The maximum absolute atomic E-state index is 12.5. The van der Waals surface area contributed by atoms with Gasteiger partial charge in [-0.05, 0) is 65.9 Å². The van der Waals surface area contributed by atoms with Crippen LogP contribution in [0.15, 0.2) is 60.7 Å². The zero-order valence-corrected chi connectivity index (χ0v) is 15.6. The molecule has 1 atom stereocenters. The van der Waals surface area contributed by atoms with Crippen LogP contribution in [0, 0.1) is 13.8 Å². The molecule has 0 aromatic heterocycles. The van der Waals surface area contributed by atoms with Crippen LogP contribution in [-0.2, 0) is 11.3 Å². The van der Waals surface area contributed by atoms with Crippen LogP contribution >= 0.6 is 0 Å². The number of benzene rings is 3. The lowest BCUT2D eigenvalue weighted by atomic mass is 10.1. The molecule has 0 aliphatic heterocycles. The zero-order valence-electron chi connectivity index (χ0n) is 15.6. The van der Waals surface area contributed by atoms with E-state index in [2.05, 4.69) is 35.6 Å². The van der Waals surface area contributed by atoms with Crippen LogP contribution in [-0.4, -0.2) is 12.0 Å². The molecule has 134 valence electrons. The number of hydrogen-bond donors (Lipinski definition) is 1. The first-order chi connectivity index (χ1) is 12.5. The second-order valence-corrected chi connectivity index (χ2v) is 6.74. The predicted molar refractivity (Wildman–Crippen MR) is 106 cm³/mol. The molecule has 3 heteroatoms. The maximum atomic E-state index is 12.5. The summed E-state index contributed by atoms with van der Waals surface area (Å²) in [6, 6.07) is 20.5. The summed E-state index contributed by atoms with van der Waals surface area (Å²) in [5.74, 6) is 0.662. The van der Waals surface area contributed by atoms with Crippen LogP contribution in [0.3, 0.4) is 0 Å². The van der Waals surface area contributed by atoms with E-state index >= 15 is 0 Å². The molecule has 0 saturated heterocycles. The summed E-state index contributed by atoms with van der Waals surface area (Å²) in [6.07, 6.45) is 0.132. The summed E-state index contributed by atoms with van der Waals surface area (Å²) in [5, 5.41) is 5.38. The molecule has 1 N–H and O–H groups in total. The maximum Gasteiger partial charge on any atom is 0.261 e. The average molecular weight is 347 g/mol. The molecule has 0 spiro atoms. The Morgan fingerprint density at radius 2 is 1.65 bits per heavy atom. The molecule has 0 aliphatic rings. The minimum atomic E-state index is -0.489. The lowest BCUT2D eigenvalue weighted by Gasteiger charge is -2.18. The first-order valence-corrected chi connectivity index (χ1v) is 9.05. The van der Waals surface area contributed by atoms with Crippen molar-refractivity contribution in [3.8, 4) is 5.75 Å². The van der Waals surface area contributed by atoms with Gasteiger partial charge in [-0.15, -0.1) is 0 Å². The number of aryl methyl sites for hydroxylation is 2. The Balaban J connectivity index is 1.64. The Kier molecular flexibility index (Phi) is 5.57. The molecule has 0 fully saturated rings.